The predicted molar refractivity (Wildman–Crippen MR) is 80.5 cm³/mol. The lowest BCUT2D eigenvalue weighted by Crippen LogP contribution is -2.42. The molecule has 1 aliphatic rings. The summed E-state index contributed by atoms with van der Waals surface area (Å²) in [5.41, 5.74) is 0. The van der Waals surface area contributed by atoms with Crippen LogP contribution in [-0.4, -0.2) is 49.8 Å². The largest absolute Gasteiger partial charge is 0.380 e. The molecule has 2 atom stereocenters. The van der Waals surface area contributed by atoms with E-state index in [4.69, 9.17) is 4.74 Å². The van der Waals surface area contributed by atoms with Crippen molar-refractivity contribution in [3.63, 3.8) is 0 Å². The highest BCUT2D eigenvalue weighted by molar-refractivity contribution is 7.99. The van der Waals surface area contributed by atoms with Crippen LogP contribution in [0.1, 0.15) is 33.1 Å². The van der Waals surface area contributed by atoms with Crippen molar-refractivity contribution in [2.45, 2.75) is 44.4 Å². The Kier molecular flexibility index (Phi) is 8.25. The first kappa shape index (κ1) is 15.6. The van der Waals surface area contributed by atoms with Crippen molar-refractivity contribution in [2.75, 3.05) is 32.6 Å². The fraction of sp³-hybridized carbons (Fsp3) is 0.923. The molecule has 0 bridgehead atoms. The number of guanidine groups is 1. The van der Waals surface area contributed by atoms with Crippen LogP contribution in [0, 0.1) is 0 Å². The highest BCUT2D eigenvalue weighted by Crippen LogP contribution is 2.27. The third-order valence-electron chi connectivity index (χ3n) is 3.11. The van der Waals surface area contributed by atoms with E-state index in [1.807, 2.05) is 18.7 Å². The Morgan fingerprint density at radius 2 is 2.22 bits per heavy atom. The maximum Gasteiger partial charge on any atom is 0.191 e. The van der Waals surface area contributed by atoms with Crippen LogP contribution in [0.5, 0.6) is 0 Å². The average Bonchev–Trinajstić information content (AvgIpc) is 2.82. The number of thioether (sulfide) groups is 1. The second kappa shape index (κ2) is 9.50. The molecule has 106 valence electrons. The van der Waals surface area contributed by atoms with Gasteiger partial charge in [-0.25, -0.2) is 0 Å². The smallest absolute Gasteiger partial charge is 0.191 e. The summed E-state index contributed by atoms with van der Waals surface area (Å²) >= 11 is 1.98. The Morgan fingerprint density at radius 3 is 2.83 bits per heavy atom. The van der Waals surface area contributed by atoms with Crippen LogP contribution in [0.2, 0.25) is 0 Å². The molecular weight excluding hydrogens is 246 g/mol. The van der Waals surface area contributed by atoms with Gasteiger partial charge < -0.3 is 15.4 Å². The predicted octanol–water partition coefficient (Wildman–Crippen LogP) is 1.86. The van der Waals surface area contributed by atoms with Crippen LogP contribution in [0.25, 0.3) is 0 Å². The quantitative estimate of drug-likeness (QED) is 0.422. The van der Waals surface area contributed by atoms with Crippen molar-refractivity contribution in [2.24, 2.45) is 4.99 Å². The standard InChI is InChI=1S/C13H27N3OS/c1-4-14-13(15-8-9-17-5-2)16-11-6-7-12(10-11)18-3/h11-12H,4-10H2,1-3H3,(H2,14,15,16). The van der Waals surface area contributed by atoms with E-state index in [9.17, 15) is 0 Å². The Hall–Kier alpha value is -0.420. The van der Waals surface area contributed by atoms with Crippen LogP contribution < -0.4 is 10.6 Å². The fourth-order valence-electron chi connectivity index (χ4n) is 2.16. The van der Waals surface area contributed by atoms with Gasteiger partial charge in [-0.3, -0.25) is 4.99 Å². The maximum atomic E-state index is 5.30. The molecule has 5 heteroatoms. The van der Waals surface area contributed by atoms with Crippen molar-refractivity contribution < 1.29 is 4.74 Å². The molecule has 0 amide bonds. The van der Waals surface area contributed by atoms with Crippen molar-refractivity contribution in [3.05, 3.63) is 0 Å². The van der Waals surface area contributed by atoms with Gasteiger partial charge in [0.25, 0.3) is 0 Å². The first-order valence-corrected chi connectivity index (χ1v) is 8.24. The van der Waals surface area contributed by atoms with Crippen LogP contribution in [0.3, 0.4) is 0 Å². The second-order valence-corrected chi connectivity index (χ2v) is 5.61. The van der Waals surface area contributed by atoms with Gasteiger partial charge in [0.05, 0.1) is 13.2 Å². The zero-order chi connectivity index (χ0) is 13.2. The number of nitrogens with one attached hydrogen (secondary N) is 2. The number of nitrogens with zero attached hydrogens (tertiary/aromatic N) is 1. The molecule has 1 aliphatic carbocycles. The summed E-state index contributed by atoms with van der Waals surface area (Å²) in [5.74, 6) is 0.934. The number of aliphatic imine (C=N–C) groups is 1. The van der Waals surface area contributed by atoms with Crippen molar-refractivity contribution in [1.29, 1.82) is 0 Å². The Morgan fingerprint density at radius 1 is 1.39 bits per heavy atom. The van der Waals surface area contributed by atoms with E-state index in [1.54, 1.807) is 0 Å². The van der Waals surface area contributed by atoms with Crippen LogP contribution in [0.4, 0.5) is 0 Å². The molecular formula is C13H27N3OS. The number of hydrogen-bond donors (Lipinski definition) is 2. The zero-order valence-corrected chi connectivity index (χ0v) is 12.7. The molecule has 2 unspecified atom stereocenters. The summed E-state index contributed by atoms with van der Waals surface area (Å²) in [6.45, 7) is 7.19. The van der Waals surface area contributed by atoms with E-state index < -0.39 is 0 Å². The van der Waals surface area contributed by atoms with E-state index in [0.717, 1.165) is 30.9 Å². The van der Waals surface area contributed by atoms with E-state index in [1.165, 1.54) is 19.3 Å². The number of rotatable bonds is 7. The van der Waals surface area contributed by atoms with E-state index in [2.05, 4.69) is 28.8 Å². The lowest BCUT2D eigenvalue weighted by Gasteiger charge is -2.17. The van der Waals surface area contributed by atoms with Gasteiger partial charge in [-0.15, -0.1) is 0 Å². The van der Waals surface area contributed by atoms with Crippen molar-refractivity contribution in [3.8, 4) is 0 Å². The summed E-state index contributed by atoms with van der Waals surface area (Å²) in [7, 11) is 0. The van der Waals surface area contributed by atoms with E-state index in [-0.39, 0.29) is 0 Å². The molecule has 0 aromatic heterocycles. The number of hydrogen-bond acceptors (Lipinski definition) is 3. The molecule has 2 N–H and O–H groups in total. The van der Waals surface area contributed by atoms with Crippen molar-refractivity contribution >= 4 is 17.7 Å². The molecule has 1 saturated carbocycles. The second-order valence-electron chi connectivity index (χ2n) is 4.47. The molecule has 18 heavy (non-hydrogen) atoms. The van der Waals surface area contributed by atoms with Gasteiger partial charge in [0.1, 0.15) is 0 Å². The van der Waals surface area contributed by atoms with Gasteiger partial charge in [-0.05, 0) is 39.4 Å². The molecule has 1 rings (SSSR count). The lowest BCUT2D eigenvalue weighted by atomic mass is 10.2. The minimum absolute atomic E-state index is 0.576. The summed E-state index contributed by atoms with van der Waals surface area (Å²) < 4.78 is 5.30. The van der Waals surface area contributed by atoms with Gasteiger partial charge in [-0.1, -0.05) is 0 Å². The van der Waals surface area contributed by atoms with Gasteiger partial charge in [0.2, 0.25) is 0 Å². The zero-order valence-electron chi connectivity index (χ0n) is 11.9. The van der Waals surface area contributed by atoms with Crippen molar-refractivity contribution in [1.82, 2.24) is 10.6 Å². The Bertz CT molecular complexity index is 248. The summed E-state index contributed by atoms with van der Waals surface area (Å²) in [5, 5.41) is 7.64. The Labute approximate surface area is 115 Å². The molecule has 0 heterocycles. The van der Waals surface area contributed by atoms with Gasteiger partial charge in [0.15, 0.2) is 5.96 Å². The van der Waals surface area contributed by atoms with Gasteiger partial charge >= 0.3 is 0 Å². The van der Waals surface area contributed by atoms with Crippen LogP contribution >= 0.6 is 11.8 Å². The SMILES string of the molecule is CCNC(=NCCOCC)NC1CCC(SC)C1. The topological polar surface area (TPSA) is 45.7 Å². The minimum Gasteiger partial charge on any atom is -0.380 e. The fourth-order valence-corrected chi connectivity index (χ4v) is 2.96. The van der Waals surface area contributed by atoms with Crippen LogP contribution in [-0.2, 0) is 4.74 Å². The van der Waals surface area contributed by atoms with Crippen LogP contribution in [0.15, 0.2) is 4.99 Å². The highest BCUT2D eigenvalue weighted by atomic mass is 32.2. The molecule has 0 saturated heterocycles. The molecule has 0 radical (unpaired) electrons. The van der Waals surface area contributed by atoms with Gasteiger partial charge in [-0.2, -0.15) is 11.8 Å². The first-order valence-electron chi connectivity index (χ1n) is 6.95. The summed E-state index contributed by atoms with van der Waals surface area (Å²) in [6, 6.07) is 0.576. The molecule has 1 fully saturated rings. The monoisotopic (exact) mass is 273 g/mol. The third kappa shape index (κ3) is 5.96. The molecule has 0 aromatic carbocycles. The normalized spacial score (nSPS) is 24.3. The summed E-state index contributed by atoms with van der Waals surface area (Å²) in [6.07, 6.45) is 6.02. The van der Waals surface area contributed by atoms with E-state index >= 15 is 0 Å². The van der Waals surface area contributed by atoms with E-state index in [0.29, 0.717) is 12.6 Å². The maximum absolute atomic E-state index is 5.30. The molecule has 0 aromatic rings. The minimum atomic E-state index is 0.576. The Balaban J connectivity index is 2.32. The van der Waals surface area contributed by atoms with Gasteiger partial charge in [0, 0.05) is 24.4 Å². The highest BCUT2D eigenvalue weighted by Gasteiger charge is 2.24. The molecule has 0 spiro atoms. The average molecular weight is 273 g/mol. The lowest BCUT2D eigenvalue weighted by molar-refractivity contribution is 0.155. The number of ether oxygens (including phenoxy) is 1. The summed E-state index contributed by atoms with van der Waals surface area (Å²) in [4.78, 5) is 4.53. The molecule has 0 aliphatic heterocycles. The molecule has 4 nitrogen and oxygen atoms in total. The first-order chi connectivity index (χ1) is 8.80. The third-order valence-corrected chi connectivity index (χ3v) is 4.21.